The zero-order valence-electron chi connectivity index (χ0n) is 12.0. The maximum atomic E-state index is 14.1. The van der Waals surface area contributed by atoms with Crippen LogP contribution in [0.5, 0.6) is 0 Å². The lowest BCUT2D eigenvalue weighted by Crippen LogP contribution is -2.29. The van der Waals surface area contributed by atoms with Crippen LogP contribution in [0, 0.1) is 30.4 Å². The first-order valence-electron chi connectivity index (χ1n) is 7.16. The van der Waals surface area contributed by atoms with Gasteiger partial charge < -0.3 is 5.32 Å². The van der Waals surface area contributed by atoms with Crippen molar-refractivity contribution in [3.63, 3.8) is 0 Å². The van der Waals surface area contributed by atoms with Gasteiger partial charge >= 0.3 is 0 Å². The molecule has 19 heavy (non-hydrogen) atoms. The summed E-state index contributed by atoms with van der Waals surface area (Å²) in [6, 6.07) is 3.32. The molecule has 1 fully saturated rings. The molecule has 3 heteroatoms. The Morgan fingerprint density at radius 1 is 1.11 bits per heavy atom. The number of aryl methyl sites for hydroxylation is 1. The monoisotopic (exact) mass is 267 g/mol. The van der Waals surface area contributed by atoms with Crippen LogP contribution < -0.4 is 5.32 Å². The van der Waals surface area contributed by atoms with Gasteiger partial charge in [-0.25, -0.2) is 8.78 Å². The van der Waals surface area contributed by atoms with Crippen molar-refractivity contribution in [2.75, 3.05) is 7.05 Å². The quantitative estimate of drug-likeness (QED) is 0.858. The highest BCUT2D eigenvalue weighted by Gasteiger charge is 2.29. The number of benzene rings is 1. The predicted molar refractivity (Wildman–Crippen MR) is 74.0 cm³/mol. The second kappa shape index (κ2) is 6.00. The lowest BCUT2D eigenvalue weighted by Gasteiger charge is -2.33. The Labute approximate surface area is 114 Å². The van der Waals surface area contributed by atoms with Crippen molar-refractivity contribution < 1.29 is 8.78 Å². The Bertz CT molecular complexity index is 437. The van der Waals surface area contributed by atoms with E-state index in [4.69, 9.17) is 0 Å². The minimum atomic E-state index is -0.707. The molecule has 1 nitrogen and oxygen atoms in total. The third-order valence-corrected chi connectivity index (χ3v) is 4.48. The summed E-state index contributed by atoms with van der Waals surface area (Å²) in [6.07, 6.45) is 4.53. The standard InChI is InChI=1S/C16H23F2N/c1-10-4-7-12(8-5-10)16(19-3)13-9-6-11(2)14(17)15(13)18/h6,9-10,12,16,19H,4-5,7-8H2,1-3H3. The Morgan fingerprint density at radius 3 is 2.32 bits per heavy atom. The second-order valence-corrected chi connectivity index (χ2v) is 5.89. The Morgan fingerprint density at radius 2 is 1.74 bits per heavy atom. The van der Waals surface area contributed by atoms with Crippen LogP contribution >= 0.6 is 0 Å². The molecule has 106 valence electrons. The Balaban J connectivity index is 2.25. The van der Waals surface area contributed by atoms with E-state index in [0.29, 0.717) is 17.0 Å². The van der Waals surface area contributed by atoms with Crippen molar-refractivity contribution in [1.29, 1.82) is 0 Å². The van der Waals surface area contributed by atoms with Gasteiger partial charge in [-0.3, -0.25) is 0 Å². The van der Waals surface area contributed by atoms with Gasteiger partial charge in [-0.2, -0.15) is 0 Å². The molecule has 0 aromatic heterocycles. The van der Waals surface area contributed by atoms with Gasteiger partial charge in [-0.15, -0.1) is 0 Å². The predicted octanol–water partition coefficient (Wildman–Crippen LogP) is 4.36. The van der Waals surface area contributed by atoms with Crippen LogP contribution in [0.3, 0.4) is 0 Å². The van der Waals surface area contributed by atoms with Crippen LogP contribution in [-0.4, -0.2) is 7.05 Å². The maximum absolute atomic E-state index is 14.1. The number of rotatable bonds is 3. The third-order valence-electron chi connectivity index (χ3n) is 4.48. The molecule has 1 aromatic rings. The van der Waals surface area contributed by atoms with Gasteiger partial charge in [-0.1, -0.05) is 31.9 Å². The number of hydrogen-bond donors (Lipinski definition) is 1. The molecule has 0 saturated heterocycles. The van der Waals surface area contributed by atoms with Gasteiger partial charge in [0.05, 0.1) is 0 Å². The van der Waals surface area contributed by atoms with Crippen molar-refractivity contribution in [3.05, 3.63) is 34.9 Å². The summed E-state index contributed by atoms with van der Waals surface area (Å²) in [5, 5.41) is 3.18. The van der Waals surface area contributed by atoms with Crippen LogP contribution in [-0.2, 0) is 0 Å². The minimum absolute atomic E-state index is 0.0809. The first-order chi connectivity index (χ1) is 9.04. The number of hydrogen-bond acceptors (Lipinski definition) is 1. The van der Waals surface area contributed by atoms with Gasteiger partial charge in [0.1, 0.15) is 0 Å². The highest BCUT2D eigenvalue weighted by molar-refractivity contribution is 5.28. The zero-order chi connectivity index (χ0) is 14.0. The molecule has 0 bridgehead atoms. The van der Waals surface area contributed by atoms with E-state index in [0.717, 1.165) is 18.8 Å². The number of nitrogens with one attached hydrogen (secondary N) is 1. The van der Waals surface area contributed by atoms with Gasteiger partial charge in [0.25, 0.3) is 0 Å². The van der Waals surface area contributed by atoms with Gasteiger partial charge in [-0.05, 0) is 44.2 Å². The number of halogens is 2. The molecule has 1 saturated carbocycles. The lowest BCUT2D eigenvalue weighted by atomic mass is 9.77. The van der Waals surface area contributed by atoms with Gasteiger partial charge in [0.2, 0.25) is 0 Å². The van der Waals surface area contributed by atoms with E-state index < -0.39 is 11.6 Å². The molecule has 1 N–H and O–H groups in total. The smallest absolute Gasteiger partial charge is 0.163 e. The molecule has 0 spiro atoms. The summed E-state index contributed by atoms with van der Waals surface area (Å²) in [7, 11) is 1.83. The second-order valence-electron chi connectivity index (χ2n) is 5.89. The topological polar surface area (TPSA) is 12.0 Å². The van der Waals surface area contributed by atoms with Gasteiger partial charge in [0.15, 0.2) is 11.6 Å². The molecule has 1 aliphatic carbocycles. The summed E-state index contributed by atoms with van der Waals surface area (Å²) in [4.78, 5) is 0. The Kier molecular flexibility index (Phi) is 4.56. The van der Waals surface area contributed by atoms with Crippen LogP contribution in [0.15, 0.2) is 12.1 Å². The van der Waals surface area contributed by atoms with Crippen molar-refractivity contribution in [2.24, 2.45) is 11.8 Å². The highest BCUT2D eigenvalue weighted by atomic mass is 19.2. The van der Waals surface area contributed by atoms with E-state index in [2.05, 4.69) is 12.2 Å². The lowest BCUT2D eigenvalue weighted by molar-refractivity contribution is 0.234. The van der Waals surface area contributed by atoms with Crippen molar-refractivity contribution in [2.45, 2.75) is 45.6 Å². The highest BCUT2D eigenvalue weighted by Crippen LogP contribution is 2.37. The van der Waals surface area contributed by atoms with Crippen molar-refractivity contribution in [1.82, 2.24) is 5.32 Å². The average molecular weight is 267 g/mol. The van der Waals surface area contributed by atoms with Crippen molar-refractivity contribution in [3.8, 4) is 0 Å². The largest absolute Gasteiger partial charge is 0.313 e. The van der Waals surface area contributed by atoms with E-state index in [1.54, 1.807) is 19.1 Å². The van der Waals surface area contributed by atoms with E-state index in [1.807, 2.05) is 7.05 Å². The van der Waals surface area contributed by atoms with E-state index in [-0.39, 0.29) is 6.04 Å². The summed E-state index contributed by atoms with van der Waals surface area (Å²) in [5.74, 6) is -0.230. The van der Waals surface area contributed by atoms with E-state index in [9.17, 15) is 8.78 Å². The molecular formula is C16H23F2N. The molecule has 0 aliphatic heterocycles. The molecule has 1 aliphatic rings. The van der Waals surface area contributed by atoms with Crippen LogP contribution in [0.1, 0.15) is 49.8 Å². The minimum Gasteiger partial charge on any atom is -0.313 e. The molecular weight excluding hydrogens is 244 g/mol. The van der Waals surface area contributed by atoms with E-state index >= 15 is 0 Å². The first kappa shape index (κ1) is 14.4. The molecule has 1 unspecified atom stereocenters. The van der Waals surface area contributed by atoms with Crippen LogP contribution in [0.2, 0.25) is 0 Å². The first-order valence-corrected chi connectivity index (χ1v) is 7.16. The zero-order valence-corrected chi connectivity index (χ0v) is 12.0. The fraction of sp³-hybridized carbons (Fsp3) is 0.625. The normalized spacial score (nSPS) is 25.3. The molecule has 1 atom stereocenters. The van der Waals surface area contributed by atoms with Gasteiger partial charge in [0, 0.05) is 11.6 Å². The average Bonchev–Trinajstić information content (AvgIpc) is 2.41. The van der Waals surface area contributed by atoms with Crippen molar-refractivity contribution >= 4 is 0 Å². The SMILES string of the molecule is CNC(c1ccc(C)c(F)c1F)C1CCC(C)CC1. The fourth-order valence-electron chi connectivity index (χ4n) is 3.17. The fourth-order valence-corrected chi connectivity index (χ4v) is 3.17. The summed E-state index contributed by atoms with van der Waals surface area (Å²) < 4.78 is 27.8. The molecule has 1 aromatic carbocycles. The van der Waals surface area contributed by atoms with E-state index in [1.165, 1.54) is 12.8 Å². The summed E-state index contributed by atoms with van der Waals surface area (Å²) >= 11 is 0. The molecule has 0 radical (unpaired) electrons. The molecule has 0 amide bonds. The van der Waals surface area contributed by atoms with Crippen LogP contribution in [0.4, 0.5) is 8.78 Å². The molecule has 2 rings (SSSR count). The Hall–Kier alpha value is -0.960. The molecule has 0 heterocycles. The summed E-state index contributed by atoms with van der Waals surface area (Å²) in [6.45, 7) is 3.86. The summed E-state index contributed by atoms with van der Waals surface area (Å²) in [5.41, 5.74) is 0.846. The maximum Gasteiger partial charge on any atom is 0.163 e. The third kappa shape index (κ3) is 2.97. The van der Waals surface area contributed by atoms with Crippen LogP contribution in [0.25, 0.3) is 0 Å².